The fourth-order valence-corrected chi connectivity index (χ4v) is 3.74. The van der Waals surface area contributed by atoms with Crippen LogP contribution in [-0.2, 0) is 18.0 Å². The highest BCUT2D eigenvalue weighted by molar-refractivity contribution is 5.69. The van der Waals surface area contributed by atoms with Crippen molar-refractivity contribution in [1.82, 2.24) is 9.55 Å². The Bertz CT molecular complexity index is 1410. The minimum absolute atomic E-state index is 0.0608. The Hall–Kier alpha value is -3.66. The van der Waals surface area contributed by atoms with Crippen LogP contribution in [0.5, 0.6) is 0 Å². The molecule has 4 rings (SSSR count). The molecule has 0 spiro atoms. The number of aromatic nitrogens is 2. The van der Waals surface area contributed by atoms with Crippen LogP contribution in [-0.4, -0.2) is 14.7 Å². The van der Waals surface area contributed by atoms with E-state index in [1.807, 2.05) is 0 Å². The van der Waals surface area contributed by atoms with Crippen LogP contribution in [0.25, 0.3) is 28.2 Å². The van der Waals surface area contributed by atoms with E-state index >= 15 is 0 Å². The second-order valence-electron chi connectivity index (χ2n) is 8.66. The second kappa shape index (κ2) is 8.77. The maximum absolute atomic E-state index is 13.8. The Labute approximate surface area is 201 Å². The van der Waals surface area contributed by atoms with E-state index in [1.165, 1.54) is 73.1 Å². The van der Waals surface area contributed by atoms with Crippen molar-refractivity contribution in [2.24, 2.45) is 0 Å². The first-order valence-electron chi connectivity index (χ1n) is 10.6. The van der Waals surface area contributed by atoms with Gasteiger partial charge in [0, 0.05) is 17.4 Å². The summed E-state index contributed by atoms with van der Waals surface area (Å²) < 4.78 is 96.0. The average molecular weight is 508 g/mol. The lowest BCUT2D eigenvalue weighted by atomic mass is 10.0. The molecule has 0 saturated carbocycles. The molecule has 0 aliphatic rings. The number of nitrogens with zero attached hydrogens (tertiary/aromatic N) is 2. The third-order valence-electron chi connectivity index (χ3n) is 5.54. The number of alkyl halides is 6. The van der Waals surface area contributed by atoms with Crippen molar-refractivity contribution >= 4 is 0 Å². The highest BCUT2D eigenvalue weighted by Gasteiger charge is 2.36. The number of rotatable bonds is 4. The summed E-state index contributed by atoms with van der Waals surface area (Å²) in [5, 5.41) is 10.5. The molecular weight excluding hydrogens is 489 g/mol. The van der Waals surface area contributed by atoms with E-state index in [2.05, 4.69) is 4.98 Å². The standard InChI is InChI=1S/C26H19F7N2O/c1-24(2,36)22-14-35(23(34-22)18-8-3-4-9-19(18)25(28,29)30)17-7-5-6-15(12-17)16-10-11-21(27)20(13-16)26(31,32)33/h3-14,36H,1-2H3. The van der Waals surface area contributed by atoms with Gasteiger partial charge in [0.15, 0.2) is 0 Å². The van der Waals surface area contributed by atoms with Gasteiger partial charge in [-0.15, -0.1) is 0 Å². The number of hydrogen-bond acceptors (Lipinski definition) is 2. The third-order valence-corrected chi connectivity index (χ3v) is 5.54. The van der Waals surface area contributed by atoms with E-state index in [9.17, 15) is 35.8 Å². The van der Waals surface area contributed by atoms with Gasteiger partial charge in [0.1, 0.15) is 17.2 Å². The van der Waals surface area contributed by atoms with E-state index < -0.39 is 34.9 Å². The Kier molecular flexibility index (Phi) is 6.20. The minimum Gasteiger partial charge on any atom is -0.384 e. The molecule has 188 valence electrons. The topological polar surface area (TPSA) is 38.0 Å². The quantitative estimate of drug-likeness (QED) is 0.288. The molecule has 0 unspecified atom stereocenters. The van der Waals surface area contributed by atoms with E-state index in [0.29, 0.717) is 12.1 Å². The van der Waals surface area contributed by atoms with Gasteiger partial charge >= 0.3 is 12.4 Å². The summed E-state index contributed by atoms with van der Waals surface area (Å²) >= 11 is 0. The van der Waals surface area contributed by atoms with Gasteiger partial charge < -0.3 is 5.11 Å². The van der Waals surface area contributed by atoms with Gasteiger partial charge in [-0.1, -0.05) is 36.4 Å². The molecule has 0 amide bonds. The van der Waals surface area contributed by atoms with Gasteiger partial charge in [0.25, 0.3) is 0 Å². The predicted molar refractivity (Wildman–Crippen MR) is 120 cm³/mol. The lowest BCUT2D eigenvalue weighted by molar-refractivity contribution is -0.140. The summed E-state index contributed by atoms with van der Waals surface area (Å²) in [5.41, 5.74) is -3.42. The smallest absolute Gasteiger partial charge is 0.384 e. The first-order chi connectivity index (χ1) is 16.7. The zero-order valence-electron chi connectivity index (χ0n) is 18.9. The average Bonchev–Trinajstić information content (AvgIpc) is 3.24. The molecule has 3 nitrogen and oxygen atoms in total. The van der Waals surface area contributed by atoms with Crippen LogP contribution in [0.15, 0.2) is 72.9 Å². The molecule has 1 N–H and O–H groups in total. The van der Waals surface area contributed by atoms with Crippen molar-refractivity contribution in [3.8, 4) is 28.2 Å². The maximum Gasteiger partial charge on any atom is 0.419 e. The summed E-state index contributed by atoms with van der Waals surface area (Å²) in [4.78, 5) is 4.28. The van der Waals surface area contributed by atoms with Crippen molar-refractivity contribution in [1.29, 1.82) is 0 Å². The van der Waals surface area contributed by atoms with E-state index in [4.69, 9.17) is 0 Å². The number of benzene rings is 3. The molecule has 0 atom stereocenters. The van der Waals surface area contributed by atoms with E-state index in [1.54, 1.807) is 0 Å². The van der Waals surface area contributed by atoms with Crippen molar-refractivity contribution < 1.29 is 35.8 Å². The van der Waals surface area contributed by atoms with E-state index in [-0.39, 0.29) is 33.9 Å². The molecule has 0 bridgehead atoms. The monoisotopic (exact) mass is 508 g/mol. The SMILES string of the molecule is CC(C)(O)c1cn(-c2cccc(-c3ccc(F)c(C(F)(F)F)c3)c2)c(-c2ccccc2C(F)(F)F)n1. The third kappa shape index (κ3) is 4.99. The second-order valence-corrected chi connectivity index (χ2v) is 8.66. The molecule has 4 aromatic rings. The van der Waals surface area contributed by atoms with Crippen molar-refractivity contribution in [3.63, 3.8) is 0 Å². The number of halogens is 7. The Morgan fingerprint density at radius 1 is 0.750 bits per heavy atom. The summed E-state index contributed by atoms with van der Waals surface area (Å²) in [6, 6.07) is 13.4. The number of hydrogen-bond donors (Lipinski definition) is 1. The molecule has 1 heterocycles. The summed E-state index contributed by atoms with van der Waals surface area (Å²) in [5.74, 6) is -1.54. The van der Waals surface area contributed by atoms with Crippen LogP contribution in [0.3, 0.4) is 0 Å². The fourth-order valence-electron chi connectivity index (χ4n) is 3.74. The molecule has 0 radical (unpaired) electrons. The van der Waals surface area contributed by atoms with Crippen LogP contribution >= 0.6 is 0 Å². The van der Waals surface area contributed by atoms with Gasteiger partial charge in [-0.3, -0.25) is 4.57 Å². The maximum atomic E-state index is 13.8. The van der Waals surface area contributed by atoms with Crippen LogP contribution in [0.4, 0.5) is 30.7 Å². The largest absolute Gasteiger partial charge is 0.419 e. The van der Waals surface area contributed by atoms with Gasteiger partial charge in [0.05, 0.1) is 16.8 Å². The molecule has 0 fully saturated rings. The predicted octanol–water partition coefficient (Wildman–Crippen LogP) is 7.61. The van der Waals surface area contributed by atoms with Gasteiger partial charge in [0.2, 0.25) is 0 Å². The Morgan fingerprint density at radius 3 is 2.03 bits per heavy atom. The van der Waals surface area contributed by atoms with Gasteiger partial charge in [-0.25, -0.2) is 9.37 Å². The summed E-state index contributed by atoms with van der Waals surface area (Å²) in [6.07, 6.45) is -8.22. The normalized spacial score (nSPS) is 12.7. The fraction of sp³-hybridized carbons (Fsp3) is 0.192. The van der Waals surface area contributed by atoms with Crippen molar-refractivity contribution in [2.75, 3.05) is 0 Å². The molecule has 0 aliphatic heterocycles. The molecule has 0 aliphatic carbocycles. The Balaban J connectivity index is 1.92. The molecular formula is C26H19F7N2O. The first-order valence-corrected chi connectivity index (χ1v) is 10.6. The molecule has 3 aromatic carbocycles. The van der Waals surface area contributed by atoms with Crippen molar-refractivity contribution in [2.45, 2.75) is 31.8 Å². The highest BCUT2D eigenvalue weighted by Crippen LogP contribution is 2.39. The summed E-state index contributed by atoms with van der Waals surface area (Å²) in [7, 11) is 0. The minimum atomic E-state index is -4.90. The van der Waals surface area contributed by atoms with Crippen LogP contribution in [0, 0.1) is 5.82 Å². The Morgan fingerprint density at radius 2 is 1.39 bits per heavy atom. The molecule has 36 heavy (non-hydrogen) atoms. The van der Waals surface area contributed by atoms with E-state index in [0.717, 1.165) is 6.07 Å². The van der Waals surface area contributed by atoms with Crippen LogP contribution < -0.4 is 0 Å². The number of imidazole rings is 1. The molecule has 1 aromatic heterocycles. The molecule has 10 heteroatoms. The van der Waals surface area contributed by atoms with Crippen LogP contribution in [0.1, 0.15) is 30.7 Å². The van der Waals surface area contributed by atoms with Gasteiger partial charge in [-0.05, 0) is 55.3 Å². The molecule has 0 saturated heterocycles. The zero-order valence-corrected chi connectivity index (χ0v) is 18.9. The number of aliphatic hydroxyl groups is 1. The van der Waals surface area contributed by atoms with Gasteiger partial charge in [-0.2, -0.15) is 26.3 Å². The van der Waals surface area contributed by atoms with Crippen LogP contribution in [0.2, 0.25) is 0 Å². The summed E-state index contributed by atoms with van der Waals surface area (Å²) in [6.45, 7) is 2.85. The first kappa shape index (κ1) is 25.4. The van der Waals surface area contributed by atoms with Crippen molar-refractivity contribution in [3.05, 3.63) is 95.6 Å². The highest BCUT2D eigenvalue weighted by atomic mass is 19.4. The zero-order chi connectivity index (χ0) is 26.5. The lowest BCUT2D eigenvalue weighted by Crippen LogP contribution is -2.15. The lowest BCUT2D eigenvalue weighted by Gasteiger charge is -2.15.